The number of carbonyl (C=O) groups is 2. The van der Waals surface area contributed by atoms with E-state index in [2.05, 4.69) is 4.74 Å². The molecular formula is C16H12Cl2O4. The first-order valence-corrected chi connectivity index (χ1v) is 7.07. The minimum absolute atomic E-state index is 0.0191. The van der Waals surface area contributed by atoms with Gasteiger partial charge in [-0.25, -0.2) is 9.59 Å². The van der Waals surface area contributed by atoms with Gasteiger partial charge in [0.1, 0.15) is 6.61 Å². The highest BCUT2D eigenvalue weighted by molar-refractivity contribution is 6.42. The van der Waals surface area contributed by atoms with Crippen LogP contribution in [0.2, 0.25) is 10.0 Å². The van der Waals surface area contributed by atoms with Crippen LogP contribution in [0.4, 0.5) is 0 Å². The van der Waals surface area contributed by atoms with Gasteiger partial charge in [-0.3, -0.25) is 0 Å². The van der Waals surface area contributed by atoms with Crippen molar-refractivity contribution < 1.29 is 19.1 Å². The number of hydrogen-bond donors (Lipinski definition) is 0. The predicted octanol–water partition coefficient (Wildman–Crippen LogP) is 4.14. The summed E-state index contributed by atoms with van der Waals surface area (Å²) in [6.45, 7) is 0.0191. The Hall–Kier alpha value is -2.04. The molecule has 2 rings (SSSR count). The standard InChI is InChI=1S/C16H12Cl2O4/c1-21-15(19)11-4-2-3-5-12(11)16(20)22-9-10-6-7-13(17)14(18)8-10/h2-8H,9H2,1H3. The molecule has 6 heteroatoms. The van der Waals surface area contributed by atoms with Crippen LogP contribution in [0.15, 0.2) is 42.5 Å². The van der Waals surface area contributed by atoms with Gasteiger partial charge in [0.2, 0.25) is 0 Å². The van der Waals surface area contributed by atoms with E-state index in [9.17, 15) is 9.59 Å². The van der Waals surface area contributed by atoms with Gasteiger partial charge in [-0.15, -0.1) is 0 Å². The molecule has 0 bridgehead atoms. The zero-order valence-electron chi connectivity index (χ0n) is 11.6. The fraction of sp³-hybridized carbons (Fsp3) is 0.125. The monoisotopic (exact) mass is 338 g/mol. The number of ether oxygens (including phenoxy) is 2. The largest absolute Gasteiger partial charge is 0.465 e. The molecular weight excluding hydrogens is 327 g/mol. The summed E-state index contributed by atoms with van der Waals surface area (Å²) < 4.78 is 9.84. The van der Waals surface area contributed by atoms with E-state index in [1.807, 2.05) is 0 Å². The van der Waals surface area contributed by atoms with E-state index in [0.29, 0.717) is 15.6 Å². The lowest BCUT2D eigenvalue weighted by Crippen LogP contribution is -2.12. The maximum Gasteiger partial charge on any atom is 0.339 e. The van der Waals surface area contributed by atoms with Crippen LogP contribution >= 0.6 is 23.2 Å². The van der Waals surface area contributed by atoms with Crippen LogP contribution in [0, 0.1) is 0 Å². The van der Waals surface area contributed by atoms with E-state index in [-0.39, 0.29) is 17.7 Å². The van der Waals surface area contributed by atoms with E-state index >= 15 is 0 Å². The summed E-state index contributed by atoms with van der Waals surface area (Å²) in [7, 11) is 1.25. The molecule has 0 amide bonds. The Morgan fingerprint density at radius 1 is 0.955 bits per heavy atom. The average molecular weight is 339 g/mol. The third-order valence-corrected chi connectivity index (χ3v) is 3.65. The number of halogens is 2. The van der Waals surface area contributed by atoms with Gasteiger partial charge in [0.25, 0.3) is 0 Å². The van der Waals surface area contributed by atoms with E-state index < -0.39 is 11.9 Å². The topological polar surface area (TPSA) is 52.6 Å². The number of esters is 2. The third-order valence-electron chi connectivity index (χ3n) is 2.91. The van der Waals surface area contributed by atoms with Gasteiger partial charge in [0.05, 0.1) is 28.3 Å². The smallest absolute Gasteiger partial charge is 0.339 e. The van der Waals surface area contributed by atoms with E-state index in [0.717, 1.165) is 0 Å². The second kappa shape index (κ2) is 7.29. The Morgan fingerprint density at radius 2 is 1.59 bits per heavy atom. The van der Waals surface area contributed by atoms with Crippen molar-refractivity contribution in [1.82, 2.24) is 0 Å². The highest BCUT2D eigenvalue weighted by Crippen LogP contribution is 2.23. The molecule has 2 aromatic carbocycles. The van der Waals surface area contributed by atoms with Crippen molar-refractivity contribution in [2.75, 3.05) is 7.11 Å². The third kappa shape index (κ3) is 3.78. The zero-order chi connectivity index (χ0) is 16.1. The second-order valence-electron chi connectivity index (χ2n) is 4.36. The first-order valence-electron chi connectivity index (χ1n) is 6.31. The molecule has 0 saturated heterocycles. The van der Waals surface area contributed by atoms with Gasteiger partial charge in [0, 0.05) is 0 Å². The molecule has 0 spiro atoms. The van der Waals surface area contributed by atoms with Crippen molar-refractivity contribution in [2.24, 2.45) is 0 Å². The Labute approximate surface area is 137 Å². The molecule has 0 saturated carbocycles. The lowest BCUT2D eigenvalue weighted by Gasteiger charge is -2.09. The summed E-state index contributed by atoms with van der Waals surface area (Å²) in [4.78, 5) is 23.8. The maximum atomic E-state index is 12.1. The van der Waals surface area contributed by atoms with Gasteiger partial charge in [-0.05, 0) is 29.8 Å². The highest BCUT2D eigenvalue weighted by atomic mass is 35.5. The van der Waals surface area contributed by atoms with Crippen LogP contribution in [-0.2, 0) is 16.1 Å². The molecule has 0 aliphatic carbocycles. The van der Waals surface area contributed by atoms with Gasteiger partial charge >= 0.3 is 11.9 Å². The van der Waals surface area contributed by atoms with Gasteiger partial charge in [-0.1, -0.05) is 41.4 Å². The minimum atomic E-state index is -0.618. The number of hydrogen-bond acceptors (Lipinski definition) is 4. The van der Waals surface area contributed by atoms with Crippen molar-refractivity contribution >= 4 is 35.1 Å². The summed E-state index contributed by atoms with van der Waals surface area (Å²) in [5.74, 6) is -1.21. The first kappa shape index (κ1) is 16.3. The van der Waals surface area contributed by atoms with Crippen LogP contribution in [0.25, 0.3) is 0 Å². The SMILES string of the molecule is COC(=O)c1ccccc1C(=O)OCc1ccc(Cl)c(Cl)c1. The number of carbonyl (C=O) groups excluding carboxylic acids is 2. The molecule has 0 aliphatic heterocycles. The summed E-state index contributed by atoms with van der Waals surface area (Å²) in [6.07, 6.45) is 0. The lowest BCUT2D eigenvalue weighted by atomic mass is 10.1. The zero-order valence-corrected chi connectivity index (χ0v) is 13.1. The Bertz CT molecular complexity index is 713. The maximum absolute atomic E-state index is 12.1. The quantitative estimate of drug-likeness (QED) is 0.786. The lowest BCUT2D eigenvalue weighted by molar-refractivity contribution is 0.0457. The summed E-state index contributed by atoms with van der Waals surface area (Å²) in [6, 6.07) is 11.2. The van der Waals surface area contributed by atoms with E-state index in [4.69, 9.17) is 27.9 Å². The molecule has 0 aromatic heterocycles. The molecule has 22 heavy (non-hydrogen) atoms. The first-order chi connectivity index (χ1) is 10.5. The summed E-state index contributed by atoms with van der Waals surface area (Å²) >= 11 is 11.7. The molecule has 4 nitrogen and oxygen atoms in total. The van der Waals surface area contributed by atoms with E-state index in [1.165, 1.54) is 19.2 Å². The van der Waals surface area contributed by atoms with Gasteiger partial charge in [-0.2, -0.15) is 0 Å². The Balaban J connectivity index is 2.13. The molecule has 0 aliphatic rings. The van der Waals surface area contributed by atoms with Gasteiger partial charge in [0.15, 0.2) is 0 Å². The van der Waals surface area contributed by atoms with Gasteiger partial charge < -0.3 is 9.47 Å². The molecule has 0 atom stereocenters. The number of rotatable bonds is 4. The fourth-order valence-corrected chi connectivity index (χ4v) is 2.13. The van der Waals surface area contributed by atoms with Crippen LogP contribution in [-0.4, -0.2) is 19.0 Å². The predicted molar refractivity (Wildman–Crippen MR) is 83.4 cm³/mol. The van der Waals surface area contributed by atoms with Crippen molar-refractivity contribution in [2.45, 2.75) is 6.61 Å². The summed E-state index contributed by atoms with van der Waals surface area (Å²) in [5.41, 5.74) is 0.997. The average Bonchev–Trinajstić information content (AvgIpc) is 2.55. The van der Waals surface area contributed by atoms with Crippen molar-refractivity contribution in [1.29, 1.82) is 0 Å². The van der Waals surface area contributed by atoms with Crippen LogP contribution in [0.3, 0.4) is 0 Å². The molecule has 0 radical (unpaired) electrons. The van der Waals surface area contributed by atoms with Crippen molar-refractivity contribution in [3.63, 3.8) is 0 Å². The highest BCUT2D eigenvalue weighted by Gasteiger charge is 2.18. The van der Waals surface area contributed by atoms with Crippen LogP contribution in [0.5, 0.6) is 0 Å². The molecule has 2 aromatic rings. The molecule has 114 valence electrons. The summed E-state index contributed by atoms with van der Waals surface area (Å²) in [5, 5.41) is 0.804. The van der Waals surface area contributed by atoms with Crippen molar-refractivity contribution in [3.8, 4) is 0 Å². The fourth-order valence-electron chi connectivity index (χ4n) is 1.81. The minimum Gasteiger partial charge on any atom is -0.465 e. The van der Waals surface area contributed by atoms with Crippen LogP contribution < -0.4 is 0 Å². The normalized spacial score (nSPS) is 10.1. The number of methoxy groups -OCH3 is 1. The number of benzene rings is 2. The molecule has 0 fully saturated rings. The Kier molecular flexibility index (Phi) is 5.41. The van der Waals surface area contributed by atoms with E-state index in [1.54, 1.807) is 30.3 Å². The van der Waals surface area contributed by atoms with Crippen LogP contribution in [0.1, 0.15) is 26.3 Å². The second-order valence-corrected chi connectivity index (χ2v) is 5.18. The van der Waals surface area contributed by atoms with Crippen molar-refractivity contribution in [3.05, 3.63) is 69.2 Å². The molecule has 0 unspecified atom stereocenters. The molecule has 0 N–H and O–H groups in total. The Morgan fingerprint density at radius 3 is 2.18 bits per heavy atom. The molecule has 0 heterocycles.